The molecule has 0 spiro atoms. The van der Waals surface area contributed by atoms with Gasteiger partial charge in [0.05, 0.1) is 42.5 Å². The number of morpholine rings is 1. The summed E-state index contributed by atoms with van der Waals surface area (Å²) in [6.45, 7) is 2.69. The summed E-state index contributed by atoms with van der Waals surface area (Å²) in [5, 5.41) is 11.9. The standard InChI is InChI=1S/C21H21ClN4O4S/c1-28-15-7-5-14(6-8-15)20-24-25-21(30-20)31-13-18(27)23-17-4-2-3-16(22)19(17)26-9-11-29-12-10-26/h2-8H,9-13H2,1H3,(H,23,27). The van der Waals surface area contributed by atoms with Crippen LogP contribution in [0.15, 0.2) is 52.1 Å². The van der Waals surface area contributed by atoms with E-state index in [1.807, 2.05) is 42.5 Å². The predicted octanol–water partition coefficient (Wildman–Crippen LogP) is 3.97. The van der Waals surface area contributed by atoms with E-state index in [4.69, 9.17) is 25.5 Å². The zero-order valence-corrected chi connectivity index (χ0v) is 18.4. The van der Waals surface area contributed by atoms with Gasteiger partial charge in [0.25, 0.3) is 5.22 Å². The molecule has 1 aromatic heterocycles. The highest BCUT2D eigenvalue weighted by molar-refractivity contribution is 7.99. The number of aromatic nitrogens is 2. The van der Waals surface area contributed by atoms with Crippen molar-refractivity contribution in [3.05, 3.63) is 47.5 Å². The van der Waals surface area contributed by atoms with E-state index in [0.29, 0.717) is 35.0 Å². The Morgan fingerprint density at radius 3 is 2.71 bits per heavy atom. The van der Waals surface area contributed by atoms with Crippen molar-refractivity contribution < 1.29 is 18.7 Å². The van der Waals surface area contributed by atoms with Gasteiger partial charge in [-0.15, -0.1) is 10.2 Å². The molecule has 1 aliphatic heterocycles. The van der Waals surface area contributed by atoms with Gasteiger partial charge in [-0.3, -0.25) is 4.79 Å². The molecule has 0 radical (unpaired) electrons. The molecule has 0 saturated carbocycles. The lowest BCUT2D eigenvalue weighted by atomic mass is 10.2. The molecule has 0 aliphatic carbocycles. The maximum atomic E-state index is 12.6. The van der Waals surface area contributed by atoms with E-state index in [1.54, 1.807) is 7.11 Å². The van der Waals surface area contributed by atoms with Gasteiger partial charge in [0, 0.05) is 18.7 Å². The molecule has 1 fully saturated rings. The molecule has 3 aromatic rings. The molecule has 2 heterocycles. The van der Waals surface area contributed by atoms with Crippen LogP contribution in [-0.4, -0.2) is 55.3 Å². The molecule has 162 valence electrons. The van der Waals surface area contributed by atoms with Crippen molar-refractivity contribution in [3.8, 4) is 17.2 Å². The fourth-order valence-corrected chi connectivity index (χ4v) is 4.01. The predicted molar refractivity (Wildman–Crippen MR) is 120 cm³/mol. The highest BCUT2D eigenvalue weighted by atomic mass is 35.5. The van der Waals surface area contributed by atoms with Crippen molar-refractivity contribution in [3.63, 3.8) is 0 Å². The fourth-order valence-electron chi connectivity index (χ4n) is 3.16. The van der Waals surface area contributed by atoms with Crippen LogP contribution in [0.25, 0.3) is 11.5 Å². The lowest BCUT2D eigenvalue weighted by Crippen LogP contribution is -2.37. The van der Waals surface area contributed by atoms with Crippen molar-refractivity contribution in [2.24, 2.45) is 0 Å². The average Bonchev–Trinajstić information content (AvgIpc) is 3.28. The second-order valence-electron chi connectivity index (χ2n) is 6.67. The molecule has 1 amide bonds. The number of amides is 1. The highest BCUT2D eigenvalue weighted by Gasteiger charge is 2.19. The van der Waals surface area contributed by atoms with E-state index >= 15 is 0 Å². The first-order chi connectivity index (χ1) is 15.1. The van der Waals surface area contributed by atoms with E-state index in [1.165, 1.54) is 11.8 Å². The van der Waals surface area contributed by atoms with Gasteiger partial charge in [-0.2, -0.15) is 0 Å². The number of carbonyl (C=O) groups excluding carboxylic acids is 1. The number of nitrogens with one attached hydrogen (secondary N) is 1. The average molecular weight is 461 g/mol. The second-order valence-corrected chi connectivity index (χ2v) is 8.01. The van der Waals surface area contributed by atoms with Crippen molar-refractivity contribution in [1.29, 1.82) is 0 Å². The first kappa shape index (κ1) is 21.5. The van der Waals surface area contributed by atoms with Crippen LogP contribution in [0.5, 0.6) is 5.75 Å². The lowest BCUT2D eigenvalue weighted by Gasteiger charge is -2.31. The minimum absolute atomic E-state index is 0.124. The molecule has 31 heavy (non-hydrogen) atoms. The molecular formula is C21H21ClN4O4S. The number of halogens is 1. The fraction of sp³-hybridized carbons (Fsp3) is 0.286. The van der Waals surface area contributed by atoms with E-state index in [2.05, 4.69) is 20.4 Å². The lowest BCUT2D eigenvalue weighted by molar-refractivity contribution is -0.113. The second kappa shape index (κ2) is 10.0. The van der Waals surface area contributed by atoms with Crippen LogP contribution in [0.2, 0.25) is 5.02 Å². The highest BCUT2D eigenvalue weighted by Crippen LogP contribution is 2.34. The molecule has 0 unspecified atom stereocenters. The van der Waals surface area contributed by atoms with Gasteiger partial charge in [-0.1, -0.05) is 29.4 Å². The number of carbonyl (C=O) groups is 1. The van der Waals surface area contributed by atoms with Crippen LogP contribution >= 0.6 is 23.4 Å². The molecule has 8 nitrogen and oxygen atoms in total. The third-order valence-corrected chi connectivity index (χ3v) is 5.78. The van der Waals surface area contributed by atoms with E-state index < -0.39 is 0 Å². The maximum absolute atomic E-state index is 12.6. The number of para-hydroxylation sites is 1. The van der Waals surface area contributed by atoms with Gasteiger partial charge in [0.2, 0.25) is 11.8 Å². The Hall–Kier alpha value is -2.75. The third-order valence-electron chi connectivity index (χ3n) is 4.66. The number of anilines is 2. The number of nitrogens with zero attached hydrogens (tertiary/aromatic N) is 3. The van der Waals surface area contributed by atoms with Gasteiger partial charge in [-0.05, 0) is 36.4 Å². The first-order valence-electron chi connectivity index (χ1n) is 9.66. The van der Waals surface area contributed by atoms with Crippen LogP contribution in [-0.2, 0) is 9.53 Å². The molecule has 4 rings (SSSR count). The molecule has 1 saturated heterocycles. The number of thioether (sulfide) groups is 1. The molecule has 2 aromatic carbocycles. The van der Waals surface area contributed by atoms with Gasteiger partial charge in [0.1, 0.15) is 5.75 Å². The zero-order chi connectivity index (χ0) is 21.6. The Kier molecular flexibility index (Phi) is 6.96. The van der Waals surface area contributed by atoms with E-state index in [-0.39, 0.29) is 11.7 Å². The smallest absolute Gasteiger partial charge is 0.277 e. The summed E-state index contributed by atoms with van der Waals surface area (Å²) in [5.74, 6) is 1.06. The summed E-state index contributed by atoms with van der Waals surface area (Å²) in [4.78, 5) is 14.7. The van der Waals surface area contributed by atoms with Gasteiger partial charge < -0.3 is 24.1 Å². The van der Waals surface area contributed by atoms with Gasteiger partial charge in [-0.25, -0.2) is 0 Å². The van der Waals surface area contributed by atoms with Crippen molar-refractivity contribution >= 4 is 40.6 Å². The van der Waals surface area contributed by atoms with Crippen molar-refractivity contribution in [1.82, 2.24) is 10.2 Å². The zero-order valence-electron chi connectivity index (χ0n) is 16.8. The number of hydrogen-bond acceptors (Lipinski definition) is 8. The van der Waals surface area contributed by atoms with Crippen LogP contribution in [0, 0.1) is 0 Å². The minimum Gasteiger partial charge on any atom is -0.497 e. The molecule has 1 N–H and O–H groups in total. The number of methoxy groups -OCH3 is 1. The number of ether oxygens (including phenoxy) is 2. The monoisotopic (exact) mass is 460 g/mol. The summed E-state index contributed by atoms with van der Waals surface area (Å²) in [6.07, 6.45) is 0. The molecular weight excluding hydrogens is 440 g/mol. The van der Waals surface area contributed by atoms with Gasteiger partial charge >= 0.3 is 0 Å². The molecule has 10 heteroatoms. The summed E-state index contributed by atoms with van der Waals surface area (Å²) in [6, 6.07) is 12.8. The Balaban J connectivity index is 1.38. The van der Waals surface area contributed by atoms with Crippen molar-refractivity contribution in [2.75, 3.05) is 49.4 Å². The number of rotatable bonds is 7. The Labute approximate surface area is 188 Å². The van der Waals surface area contributed by atoms with E-state index in [9.17, 15) is 4.79 Å². The van der Waals surface area contributed by atoms with Gasteiger partial charge in [0.15, 0.2) is 0 Å². The summed E-state index contributed by atoms with van der Waals surface area (Å²) in [5.41, 5.74) is 2.26. The quantitative estimate of drug-likeness (QED) is 0.530. The molecule has 1 aliphatic rings. The normalized spacial score (nSPS) is 13.8. The van der Waals surface area contributed by atoms with Crippen LogP contribution < -0.4 is 15.0 Å². The van der Waals surface area contributed by atoms with Crippen molar-refractivity contribution in [2.45, 2.75) is 5.22 Å². The first-order valence-corrected chi connectivity index (χ1v) is 11.0. The number of benzene rings is 2. The molecule has 0 bridgehead atoms. The Morgan fingerprint density at radius 2 is 1.97 bits per heavy atom. The topological polar surface area (TPSA) is 89.7 Å². The summed E-state index contributed by atoms with van der Waals surface area (Å²) >= 11 is 7.59. The summed E-state index contributed by atoms with van der Waals surface area (Å²) < 4.78 is 16.2. The van der Waals surface area contributed by atoms with Crippen LogP contribution in [0.4, 0.5) is 11.4 Å². The number of hydrogen-bond donors (Lipinski definition) is 1. The maximum Gasteiger partial charge on any atom is 0.277 e. The summed E-state index contributed by atoms with van der Waals surface area (Å²) in [7, 11) is 1.61. The van der Waals surface area contributed by atoms with Crippen LogP contribution in [0.1, 0.15) is 0 Å². The van der Waals surface area contributed by atoms with E-state index in [0.717, 1.165) is 30.1 Å². The Bertz CT molecular complexity index is 1040. The third kappa shape index (κ3) is 5.30. The van der Waals surface area contributed by atoms with Crippen LogP contribution in [0.3, 0.4) is 0 Å². The SMILES string of the molecule is COc1ccc(-c2nnc(SCC(=O)Nc3cccc(Cl)c3N3CCOCC3)o2)cc1. The largest absolute Gasteiger partial charge is 0.497 e. The Morgan fingerprint density at radius 1 is 1.19 bits per heavy atom. The minimum atomic E-state index is -0.189. The molecule has 0 atom stereocenters.